The Balaban J connectivity index is 2.16. The van der Waals surface area contributed by atoms with Crippen LogP contribution in [0.3, 0.4) is 0 Å². The zero-order valence-corrected chi connectivity index (χ0v) is 13.0. The third-order valence-corrected chi connectivity index (χ3v) is 4.49. The van der Waals surface area contributed by atoms with Gasteiger partial charge in [0.1, 0.15) is 0 Å². The van der Waals surface area contributed by atoms with Crippen LogP contribution >= 0.6 is 0 Å². The molecule has 1 saturated carbocycles. The molecule has 0 spiro atoms. The second-order valence-corrected chi connectivity index (χ2v) is 6.07. The number of ether oxygens (including phenoxy) is 1. The molecule has 0 radical (unpaired) electrons. The highest BCUT2D eigenvalue weighted by molar-refractivity contribution is 5.84. The minimum Gasteiger partial charge on any atom is -0.481 e. The topological polar surface area (TPSA) is 75.6 Å². The standard InChI is InChI=1S/C17H23NO4/c1-17(11-7-6-10-13(17)16(20)21)18-15(19)14(22-2)12-8-4-3-5-9-12/h3-5,8-9,13-14H,6-7,10-11H2,1-2H3,(H,18,19)(H,20,21). The first-order valence-electron chi connectivity index (χ1n) is 7.60. The van der Waals surface area contributed by atoms with Crippen molar-refractivity contribution in [3.63, 3.8) is 0 Å². The zero-order chi connectivity index (χ0) is 16.2. The molecular weight excluding hydrogens is 282 g/mol. The normalized spacial score (nSPS) is 26.2. The van der Waals surface area contributed by atoms with Gasteiger partial charge in [-0.3, -0.25) is 9.59 Å². The van der Waals surface area contributed by atoms with Gasteiger partial charge in [0.25, 0.3) is 5.91 Å². The van der Waals surface area contributed by atoms with Gasteiger partial charge in [-0.2, -0.15) is 0 Å². The summed E-state index contributed by atoms with van der Waals surface area (Å²) in [5.41, 5.74) is 0.0287. The van der Waals surface area contributed by atoms with Gasteiger partial charge in [0.2, 0.25) is 0 Å². The Bertz CT molecular complexity index is 531. The predicted molar refractivity (Wildman–Crippen MR) is 82.3 cm³/mol. The van der Waals surface area contributed by atoms with Crippen molar-refractivity contribution in [1.29, 1.82) is 0 Å². The van der Waals surface area contributed by atoms with Gasteiger partial charge in [0.05, 0.1) is 11.5 Å². The van der Waals surface area contributed by atoms with E-state index in [0.29, 0.717) is 12.8 Å². The number of carbonyl (C=O) groups excluding carboxylic acids is 1. The number of carboxylic acid groups (broad SMARTS) is 1. The Morgan fingerprint density at radius 1 is 1.32 bits per heavy atom. The summed E-state index contributed by atoms with van der Waals surface area (Å²) in [5.74, 6) is -1.70. The molecule has 0 bridgehead atoms. The van der Waals surface area contributed by atoms with Gasteiger partial charge in [0, 0.05) is 7.11 Å². The molecule has 1 aliphatic carbocycles. The fourth-order valence-electron chi connectivity index (χ4n) is 3.25. The van der Waals surface area contributed by atoms with Gasteiger partial charge in [-0.15, -0.1) is 0 Å². The van der Waals surface area contributed by atoms with E-state index in [0.717, 1.165) is 18.4 Å². The van der Waals surface area contributed by atoms with Crippen LogP contribution in [0.2, 0.25) is 0 Å². The quantitative estimate of drug-likeness (QED) is 0.876. The second kappa shape index (κ2) is 6.92. The Hall–Kier alpha value is -1.88. The molecule has 0 aliphatic heterocycles. The molecule has 1 aromatic rings. The molecule has 2 rings (SSSR count). The number of nitrogens with one attached hydrogen (secondary N) is 1. The van der Waals surface area contributed by atoms with E-state index in [2.05, 4.69) is 5.32 Å². The number of methoxy groups -OCH3 is 1. The lowest BCUT2D eigenvalue weighted by Crippen LogP contribution is -2.56. The Kier molecular flexibility index (Phi) is 5.19. The number of amides is 1. The molecule has 2 N–H and O–H groups in total. The van der Waals surface area contributed by atoms with Gasteiger partial charge in [-0.1, -0.05) is 43.2 Å². The van der Waals surface area contributed by atoms with E-state index in [1.54, 1.807) is 0 Å². The van der Waals surface area contributed by atoms with E-state index in [1.165, 1.54) is 7.11 Å². The first kappa shape index (κ1) is 16.5. The molecule has 3 atom stereocenters. The van der Waals surface area contributed by atoms with Gasteiger partial charge in [-0.25, -0.2) is 0 Å². The highest BCUT2D eigenvalue weighted by Crippen LogP contribution is 2.34. The predicted octanol–water partition coefficient (Wildman–Crippen LogP) is 2.52. The summed E-state index contributed by atoms with van der Waals surface area (Å²) < 4.78 is 5.32. The van der Waals surface area contributed by atoms with Crippen LogP contribution in [0, 0.1) is 5.92 Å². The van der Waals surface area contributed by atoms with Crippen LogP contribution < -0.4 is 5.32 Å². The third kappa shape index (κ3) is 3.47. The molecule has 5 heteroatoms. The molecule has 1 amide bonds. The molecule has 22 heavy (non-hydrogen) atoms. The van der Waals surface area contributed by atoms with Crippen molar-refractivity contribution in [1.82, 2.24) is 5.32 Å². The smallest absolute Gasteiger partial charge is 0.308 e. The van der Waals surface area contributed by atoms with E-state index in [1.807, 2.05) is 37.3 Å². The van der Waals surface area contributed by atoms with E-state index >= 15 is 0 Å². The van der Waals surface area contributed by atoms with Crippen LogP contribution in [0.4, 0.5) is 0 Å². The summed E-state index contributed by atoms with van der Waals surface area (Å²) in [6.07, 6.45) is 2.34. The van der Waals surface area contributed by atoms with E-state index in [4.69, 9.17) is 4.74 Å². The molecule has 1 fully saturated rings. The van der Waals surface area contributed by atoms with Crippen LogP contribution in [0.1, 0.15) is 44.3 Å². The van der Waals surface area contributed by atoms with Crippen molar-refractivity contribution in [3.05, 3.63) is 35.9 Å². The molecule has 0 aromatic heterocycles. The molecule has 5 nitrogen and oxygen atoms in total. The number of hydrogen-bond acceptors (Lipinski definition) is 3. The minimum atomic E-state index is -0.851. The first-order valence-corrected chi connectivity index (χ1v) is 7.60. The highest BCUT2D eigenvalue weighted by atomic mass is 16.5. The Morgan fingerprint density at radius 2 is 2.00 bits per heavy atom. The first-order chi connectivity index (χ1) is 10.5. The van der Waals surface area contributed by atoms with Gasteiger partial charge < -0.3 is 15.2 Å². The molecule has 3 unspecified atom stereocenters. The van der Waals surface area contributed by atoms with Gasteiger partial charge >= 0.3 is 5.97 Å². The van der Waals surface area contributed by atoms with Crippen LogP contribution in [-0.2, 0) is 14.3 Å². The average molecular weight is 305 g/mol. The summed E-state index contributed by atoms with van der Waals surface area (Å²) in [5, 5.41) is 12.3. The molecule has 0 heterocycles. The summed E-state index contributed by atoms with van der Waals surface area (Å²) in [4.78, 5) is 24.1. The van der Waals surface area contributed by atoms with Gasteiger partial charge in [0.15, 0.2) is 6.10 Å². The van der Waals surface area contributed by atoms with Crippen LogP contribution in [0.25, 0.3) is 0 Å². The maximum atomic E-state index is 12.6. The maximum absolute atomic E-state index is 12.6. The lowest BCUT2D eigenvalue weighted by Gasteiger charge is -2.40. The van der Waals surface area contributed by atoms with E-state index < -0.39 is 23.5 Å². The van der Waals surface area contributed by atoms with Crippen molar-refractivity contribution >= 4 is 11.9 Å². The third-order valence-electron chi connectivity index (χ3n) is 4.49. The van der Waals surface area contributed by atoms with Crippen molar-refractivity contribution in [2.45, 2.75) is 44.2 Å². The number of carbonyl (C=O) groups is 2. The van der Waals surface area contributed by atoms with Crippen molar-refractivity contribution in [2.75, 3.05) is 7.11 Å². The SMILES string of the molecule is COC(C(=O)NC1(C)CCCCC1C(=O)O)c1ccccc1. The van der Waals surface area contributed by atoms with E-state index in [-0.39, 0.29) is 5.91 Å². The zero-order valence-electron chi connectivity index (χ0n) is 13.0. The highest BCUT2D eigenvalue weighted by Gasteiger charge is 2.43. The number of aliphatic carboxylic acids is 1. The number of rotatable bonds is 5. The van der Waals surface area contributed by atoms with E-state index in [9.17, 15) is 14.7 Å². The molecule has 0 saturated heterocycles. The van der Waals surface area contributed by atoms with Gasteiger partial charge in [-0.05, 0) is 25.3 Å². The molecule has 120 valence electrons. The fraction of sp³-hybridized carbons (Fsp3) is 0.529. The molecule has 1 aliphatic rings. The van der Waals surface area contributed by atoms with Crippen molar-refractivity contribution in [2.24, 2.45) is 5.92 Å². The second-order valence-electron chi connectivity index (χ2n) is 6.07. The van der Waals surface area contributed by atoms with Crippen molar-refractivity contribution < 1.29 is 19.4 Å². The molecule has 1 aromatic carbocycles. The molecular formula is C17H23NO4. The number of carboxylic acids is 1. The largest absolute Gasteiger partial charge is 0.481 e. The summed E-state index contributed by atoms with van der Waals surface area (Å²) in [7, 11) is 1.48. The number of hydrogen-bond donors (Lipinski definition) is 2. The Labute approximate surface area is 130 Å². The van der Waals surface area contributed by atoms with Crippen LogP contribution in [0.5, 0.6) is 0 Å². The fourth-order valence-corrected chi connectivity index (χ4v) is 3.25. The number of benzene rings is 1. The minimum absolute atomic E-state index is 0.288. The summed E-state index contributed by atoms with van der Waals surface area (Å²) >= 11 is 0. The maximum Gasteiger partial charge on any atom is 0.308 e. The summed E-state index contributed by atoms with van der Waals surface area (Å²) in [6, 6.07) is 9.21. The average Bonchev–Trinajstić information content (AvgIpc) is 2.48. The lowest BCUT2D eigenvalue weighted by molar-refractivity contribution is -0.147. The van der Waals surface area contributed by atoms with Crippen LogP contribution in [0.15, 0.2) is 30.3 Å². The Morgan fingerprint density at radius 3 is 2.59 bits per heavy atom. The lowest BCUT2D eigenvalue weighted by atomic mass is 9.73. The monoisotopic (exact) mass is 305 g/mol. The summed E-state index contributed by atoms with van der Waals surface area (Å²) in [6.45, 7) is 1.82. The van der Waals surface area contributed by atoms with Crippen LogP contribution in [-0.4, -0.2) is 29.6 Å². The van der Waals surface area contributed by atoms with Crippen molar-refractivity contribution in [3.8, 4) is 0 Å².